The zero-order valence-electron chi connectivity index (χ0n) is 11.3. The minimum absolute atomic E-state index is 0.0475. The molecule has 0 saturated heterocycles. The molecule has 0 aliphatic rings. The molecule has 1 atom stereocenters. The summed E-state index contributed by atoms with van der Waals surface area (Å²) in [6.07, 6.45) is 0. The van der Waals surface area contributed by atoms with Gasteiger partial charge in [-0.3, -0.25) is 4.79 Å². The fourth-order valence-corrected chi connectivity index (χ4v) is 1.28. The molecule has 1 amide bonds. The molecule has 94 valence electrons. The van der Waals surface area contributed by atoms with E-state index in [0.717, 1.165) is 5.56 Å². The SMILES string of the molecule is Cc1ccc(C(=O)NC(C)C(C)(C)C)cc1N. The minimum Gasteiger partial charge on any atom is -0.398 e. The monoisotopic (exact) mass is 234 g/mol. The lowest BCUT2D eigenvalue weighted by molar-refractivity contribution is 0.0910. The van der Waals surface area contributed by atoms with E-state index in [0.29, 0.717) is 11.3 Å². The predicted molar refractivity (Wildman–Crippen MR) is 72.0 cm³/mol. The maximum Gasteiger partial charge on any atom is 0.251 e. The van der Waals surface area contributed by atoms with Crippen LogP contribution in [0.15, 0.2) is 18.2 Å². The standard InChI is InChI=1S/C14H22N2O/c1-9-6-7-11(8-12(9)15)13(17)16-10(2)14(3,4)5/h6-8,10H,15H2,1-5H3,(H,16,17). The summed E-state index contributed by atoms with van der Waals surface area (Å²) in [5.74, 6) is -0.0703. The second-order valence-corrected chi connectivity index (χ2v) is 5.63. The Labute approximate surface area is 103 Å². The molecule has 3 heteroatoms. The first-order chi connectivity index (χ1) is 7.71. The number of nitrogens with one attached hydrogen (secondary N) is 1. The topological polar surface area (TPSA) is 55.1 Å². The van der Waals surface area contributed by atoms with Gasteiger partial charge in [0.05, 0.1) is 0 Å². The normalized spacial score (nSPS) is 13.2. The molecule has 0 spiro atoms. The summed E-state index contributed by atoms with van der Waals surface area (Å²) < 4.78 is 0. The molecule has 0 radical (unpaired) electrons. The number of nitrogen functional groups attached to an aromatic ring is 1. The van der Waals surface area contributed by atoms with Gasteiger partial charge in [0.15, 0.2) is 0 Å². The number of aryl methyl sites for hydroxylation is 1. The molecular formula is C14H22N2O. The first kappa shape index (κ1) is 13.6. The van der Waals surface area contributed by atoms with Gasteiger partial charge in [-0.2, -0.15) is 0 Å². The Morgan fingerprint density at radius 3 is 2.41 bits per heavy atom. The van der Waals surface area contributed by atoms with Gasteiger partial charge in [0.25, 0.3) is 5.91 Å². The van der Waals surface area contributed by atoms with Crippen molar-refractivity contribution in [3.63, 3.8) is 0 Å². The van der Waals surface area contributed by atoms with Crippen LogP contribution < -0.4 is 11.1 Å². The van der Waals surface area contributed by atoms with Crippen LogP contribution in [0.1, 0.15) is 43.6 Å². The molecule has 0 bridgehead atoms. The number of hydrogen-bond donors (Lipinski definition) is 2. The fraction of sp³-hybridized carbons (Fsp3) is 0.500. The predicted octanol–water partition coefficient (Wildman–Crippen LogP) is 2.74. The Kier molecular flexibility index (Phi) is 3.81. The lowest BCUT2D eigenvalue weighted by atomic mass is 9.88. The van der Waals surface area contributed by atoms with Crippen molar-refractivity contribution in [2.24, 2.45) is 5.41 Å². The van der Waals surface area contributed by atoms with Gasteiger partial charge in [-0.05, 0) is 37.0 Å². The number of nitrogens with two attached hydrogens (primary N) is 1. The Hall–Kier alpha value is -1.51. The van der Waals surface area contributed by atoms with Crippen molar-refractivity contribution < 1.29 is 4.79 Å². The molecule has 1 aromatic rings. The number of carbonyl (C=O) groups is 1. The molecule has 1 unspecified atom stereocenters. The van der Waals surface area contributed by atoms with Crippen LogP contribution in [-0.4, -0.2) is 11.9 Å². The number of anilines is 1. The van der Waals surface area contributed by atoms with Gasteiger partial charge in [0.1, 0.15) is 0 Å². The smallest absolute Gasteiger partial charge is 0.251 e. The average molecular weight is 234 g/mol. The van der Waals surface area contributed by atoms with Crippen molar-refractivity contribution in [1.29, 1.82) is 0 Å². The van der Waals surface area contributed by atoms with Gasteiger partial charge in [0, 0.05) is 17.3 Å². The van der Waals surface area contributed by atoms with Crippen LogP contribution in [0, 0.1) is 12.3 Å². The van der Waals surface area contributed by atoms with E-state index in [1.807, 2.05) is 19.9 Å². The van der Waals surface area contributed by atoms with E-state index in [-0.39, 0.29) is 17.4 Å². The fourth-order valence-electron chi connectivity index (χ4n) is 1.28. The molecule has 0 aromatic heterocycles. The second-order valence-electron chi connectivity index (χ2n) is 5.63. The van der Waals surface area contributed by atoms with E-state index in [9.17, 15) is 4.79 Å². The van der Waals surface area contributed by atoms with Crippen LogP contribution in [0.3, 0.4) is 0 Å². The Bertz CT molecular complexity index is 419. The van der Waals surface area contributed by atoms with Gasteiger partial charge < -0.3 is 11.1 Å². The zero-order chi connectivity index (χ0) is 13.2. The van der Waals surface area contributed by atoms with Crippen LogP contribution in [0.25, 0.3) is 0 Å². The molecule has 1 aromatic carbocycles. The summed E-state index contributed by atoms with van der Waals surface area (Å²) in [5.41, 5.74) is 8.10. The van der Waals surface area contributed by atoms with Gasteiger partial charge >= 0.3 is 0 Å². The molecule has 0 aliphatic carbocycles. The van der Waals surface area contributed by atoms with E-state index < -0.39 is 0 Å². The summed E-state index contributed by atoms with van der Waals surface area (Å²) in [6, 6.07) is 5.50. The van der Waals surface area contributed by atoms with Crippen molar-refractivity contribution in [2.75, 3.05) is 5.73 Å². The van der Waals surface area contributed by atoms with Gasteiger partial charge in [-0.25, -0.2) is 0 Å². The maximum absolute atomic E-state index is 12.0. The summed E-state index contributed by atoms with van der Waals surface area (Å²) in [6.45, 7) is 10.2. The largest absolute Gasteiger partial charge is 0.398 e. The third-order valence-corrected chi connectivity index (χ3v) is 3.19. The third-order valence-electron chi connectivity index (χ3n) is 3.19. The first-order valence-corrected chi connectivity index (χ1v) is 5.89. The van der Waals surface area contributed by atoms with Crippen LogP contribution >= 0.6 is 0 Å². The number of rotatable bonds is 2. The van der Waals surface area contributed by atoms with Crippen molar-refractivity contribution in [3.05, 3.63) is 29.3 Å². The number of carbonyl (C=O) groups excluding carboxylic acids is 1. The van der Waals surface area contributed by atoms with E-state index in [2.05, 4.69) is 26.1 Å². The Balaban J connectivity index is 2.80. The van der Waals surface area contributed by atoms with Crippen LogP contribution in [0.5, 0.6) is 0 Å². The van der Waals surface area contributed by atoms with Gasteiger partial charge in [-0.15, -0.1) is 0 Å². The summed E-state index contributed by atoms with van der Waals surface area (Å²) in [5, 5.41) is 2.99. The van der Waals surface area contributed by atoms with Crippen molar-refractivity contribution in [3.8, 4) is 0 Å². The molecule has 3 N–H and O–H groups in total. The summed E-state index contributed by atoms with van der Waals surface area (Å²) >= 11 is 0. The molecule has 0 fully saturated rings. The van der Waals surface area contributed by atoms with Crippen LogP contribution in [0.4, 0.5) is 5.69 Å². The van der Waals surface area contributed by atoms with E-state index >= 15 is 0 Å². The minimum atomic E-state index is -0.0703. The molecule has 0 aliphatic heterocycles. The Morgan fingerprint density at radius 1 is 1.35 bits per heavy atom. The van der Waals surface area contributed by atoms with Crippen molar-refractivity contribution >= 4 is 11.6 Å². The molecular weight excluding hydrogens is 212 g/mol. The summed E-state index contributed by atoms with van der Waals surface area (Å²) in [7, 11) is 0. The third kappa shape index (κ3) is 3.48. The van der Waals surface area contributed by atoms with Crippen molar-refractivity contribution in [2.45, 2.75) is 40.7 Å². The van der Waals surface area contributed by atoms with Gasteiger partial charge in [-0.1, -0.05) is 26.8 Å². The number of amides is 1. The van der Waals surface area contributed by atoms with Crippen molar-refractivity contribution in [1.82, 2.24) is 5.32 Å². The molecule has 17 heavy (non-hydrogen) atoms. The number of benzene rings is 1. The summed E-state index contributed by atoms with van der Waals surface area (Å²) in [4.78, 5) is 12.0. The van der Waals surface area contributed by atoms with E-state index in [1.165, 1.54) is 0 Å². The van der Waals surface area contributed by atoms with Crippen LogP contribution in [-0.2, 0) is 0 Å². The first-order valence-electron chi connectivity index (χ1n) is 5.89. The molecule has 1 rings (SSSR count). The lowest BCUT2D eigenvalue weighted by Crippen LogP contribution is -2.41. The zero-order valence-corrected chi connectivity index (χ0v) is 11.3. The highest BCUT2D eigenvalue weighted by atomic mass is 16.1. The maximum atomic E-state index is 12.0. The highest BCUT2D eigenvalue weighted by Gasteiger charge is 2.22. The molecule has 0 heterocycles. The quantitative estimate of drug-likeness (QED) is 0.773. The van der Waals surface area contributed by atoms with Crippen LogP contribution in [0.2, 0.25) is 0 Å². The van der Waals surface area contributed by atoms with E-state index in [1.54, 1.807) is 12.1 Å². The lowest BCUT2D eigenvalue weighted by Gasteiger charge is -2.28. The molecule has 0 saturated carbocycles. The highest BCUT2D eigenvalue weighted by molar-refractivity contribution is 5.95. The Morgan fingerprint density at radius 2 is 1.94 bits per heavy atom. The number of hydrogen-bond acceptors (Lipinski definition) is 2. The van der Waals surface area contributed by atoms with Gasteiger partial charge in [0.2, 0.25) is 0 Å². The highest BCUT2D eigenvalue weighted by Crippen LogP contribution is 2.19. The molecule has 3 nitrogen and oxygen atoms in total. The van der Waals surface area contributed by atoms with E-state index in [4.69, 9.17) is 5.73 Å². The second kappa shape index (κ2) is 4.78. The average Bonchev–Trinajstić information content (AvgIpc) is 2.20.